The number of rotatable bonds is 4. The lowest BCUT2D eigenvalue weighted by Crippen LogP contribution is -2.21. The van der Waals surface area contributed by atoms with Crippen LogP contribution >= 0.6 is 11.3 Å². The van der Waals surface area contributed by atoms with Crippen LogP contribution in [0.15, 0.2) is 59.7 Å². The summed E-state index contributed by atoms with van der Waals surface area (Å²) in [4.78, 5) is 21.8. The number of pyridine rings is 1. The van der Waals surface area contributed by atoms with Crippen LogP contribution in [0.3, 0.4) is 0 Å². The molecule has 1 N–H and O–H groups in total. The van der Waals surface area contributed by atoms with Crippen molar-refractivity contribution in [3.8, 4) is 10.4 Å². The van der Waals surface area contributed by atoms with E-state index in [9.17, 15) is 18.0 Å². The molecule has 0 aliphatic heterocycles. The van der Waals surface area contributed by atoms with E-state index in [1.165, 1.54) is 10.6 Å². The fourth-order valence-corrected chi connectivity index (χ4v) is 3.96. The molecule has 0 saturated heterocycles. The number of alkyl halides is 3. The molecule has 0 atom stereocenters. The summed E-state index contributed by atoms with van der Waals surface area (Å²) in [6, 6.07) is 10.4. The van der Waals surface area contributed by atoms with E-state index in [1.54, 1.807) is 31.6 Å². The molecule has 9 heteroatoms. The summed E-state index contributed by atoms with van der Waals surface area (Å²) in [5.41, 5.74) is 0.782. The molecule has 29 heavy (non-hydrogen) atoms. The zero-order chi connectivity index (χ0) is 20.6. The van der Waals surface area contributed by atoms with Gasteiger partial charge in [0.05, 0.1) is 11.1 Å². The molecule has 0 aliphatic rings. The number of nitrogens with one attached hydrogen (secondary N) is 1. The van der Waals surface area contributed by atoms with Crippen molar-refractivity contribution in [2.45, 2.75) is 12.7 Å². The molecule has 0 aliphatic carbocycles. The quantitative estimate of drug-likeness (QED) is 0.525. The summed E-state index contributed by atoms with van der Waals surface area (Å²) in [7, 11) is 1.60. The topological polar surface area (TPSA) is 59.8 Å². The van der Waals surface area contributed by atoms with Gasteiger partial charge in [0.15, 0.2) is 0 Å². The molecule has 3 heterocycles. The highest BCUT2D eigenvalue weighted by Gasteiger charge is 2.30. The van der Waals surface area contributed by atoms with Gasteiger partial charge in [0.25, 0.3) is 5.56 Å². The molecule has 1 aromatic carbocycles. The van der Waals surface area contributed by atoms with Gasteiger partial charge in [-0.25, -0.2) is 4.98 Å². The number of fused-ring (bicyclic) bond motifs is 1. The zero-order valence-corrected chi connectivity index (χ0v) is 16.0. The second-order valence-corrected chi connectivity index (χ2v) is 7.47. The standard InChI is InChI=1S/C20H15F3N4OS/c1-27-18(28)17-15(26-19(27)25-11-12-4-3-7-24-10-12)9-16(29-17)13-5-2-6-14(8-13)20(21,22)23/h2-10H,11H2,1H3,(H,25,26). The van der Waals surface area contributed by atoms with E-state index in [0.717, 1.165) is 29.0 Å². The molecule has 0 spiro atoms. The SMILES string of the molecule is Cn1c(NCc2cccnc2)nc2cc(-c3cccc(C(F)(F)F)c3)sc2c1=O. The van der Waals surface area contributed by atoms with Gasteiger partial charge >= 0.3 is 6.18 Å². The van der Waals surface area contributed by atoms with Crippen LogP contribution in [-0.4, -0.2) is 14.5 Å². The molecule has 4 rings (SSSR count). The number of aromatic nitrogens is 3. The lowest BCUT2D eigenvalue weighted by atomic mass is 10.1. The molecule has 4 aromatic rings. The van der Waals surface area contributed by atoms with Crippen LogP contribution in [0.1, 0.15) is 11.1 Å². The fourth-order valence-electron chi connectivity index (χ4n) is 2.89. The van der Waals surface area contributed by atoms with Gasteiger partial charge in [0, 0.05) is 30.9 Å². The Kier molecular flexibility index (Phi) is 4.83. The average molecular weight is 416 g/mol. The van der Waals surface area contributed by atoms with Gasteiger partial charge in [-0.15, -0.1) is 11.3 Å². The summed E-state index contributed by atoms with van der Waals surface area (Å²) in [5.74, 6) is 0.375. The number of hydrogen-bond donors (Lipinski definition) is 1. The van der Waals surface area contributed by atoms with Crippen LogP contribution in [0.5, 0.6) is 0 Å². The molecular weight excluding hydrogens is 401 g/mol. The van der Waals surface area contributed by atoms with Gasteiger partial charge in [-0.3, -0.25) is 14.3 Å². The minimum absolute atomic E-state index is 0.257. The van der Waals surface area contributed by atoms with Crippen molar-refractivity contribution in [2.75, 3.05) is 5.32 Å². The predicted molar refractivity (Wildman–Crippen MR) is 107 cm³/mol. The third-order valence-corrected chi connectivity index (χ3v) is 5.56. The molecule has 148 valence electrons. The van der Waals surface area contributed by atoms with Crippen LogP contribution in [0.2, 0.25) is 0 Å². The van der Waals surface area contributed by atoms with Gasteiger partial charge in [-0.1, -0.05) is 18.2 Å². The Labute approximate surface area is 167 Å². The Morgan fingerprint density at radius 1 is 1.17 bits per heavy atom. The van der Waals surface area contributed by atoms with Crippen molar-refractivity contribution in [3.63, 3.8) is 0 Å². The van der Waals surface area contributed by atoms with Crippen LogP contribution in [0.25, 0.3) is 20.7 Å². The van der Waals surface area contributed by atoms with E-state index in [2.05, 4.69) is 15.3 Å². The van der Waals surface area contributed by atoms with Gasteiger partial charge in [0.2, 0.25) is 5.95 Å². The van der Waals surface area contributed by atoms with E-state index in [1.807, 2.05) is 12.1 Å². The van der Waals surface area contributed by atoms with Crippen molar-refractivity contribution in [3.05, 3.63) is 76.3 Å². The van der Waals surface area contributed by atoms with E-state index < -0.39 is 11.7 Å². The van der Waals surface area contributed by atoms with Crippen LogP contribution in [0.4, 0.5) is 19.1 Å². The predicted octanol–water partition coefficient (Wildman–Crippen LogP) is 4.69. The first kappa shape index (κ1) is 19.1. The molecule has 0 amide bonds. The number of halogens is 3. The van der Waals surface area contributed by atoms with Gasteiger partial charge in [0.1, 0.15) is 4.70 Å². The Bertz CT molecular complexity index is 1230. The number of thiophene rings is 1. The van der Waals surface area contributed by atoms with Crippen molar-refractivity contribution in [1.29, 1.82) is 0 Å². The summed E-state index contributed by atoms with van der Waals surface area (Å²) >= 11 is 1.13. The Balaban J connectivity index is 1.71. The molecule has 0 unspecified atom stereocenters. The van der Waals surface area contributed by atoms with E-state index in [4.69, 9.17) is 0 Å². The summed E-state index contributed by atoms with van der Waals surface area (Å²) in [5, 5.41) is 3.11. The Hall–Kier alpha value is -3.20. The third kappa shape index (κ3) is 3.86. The lowest BCUT2D eigenvalue weighted by Gasteiger charge is -2.09. The second-order valence-electron chi connectivity index (χ2n) is 6.42. The highest BCUT2D eigenvalue weighted by Crippen LogP contribution is 2.35. The first-order valence-corrected chi connectivity index (χ1v) is 9.45. The van der Waals surface area contributed by atoms with Crippen LogP contribution in [-0.2, 0) is 19.8 Å². The monoisotopic (exact) mass is 416 g/mol. The average Bonchev–Trinajstić information content (AvgIpc) is 3.14. The maximum absolute atomic E-state index is 13.0. The van der Waals surface area contributed by atoms with Crippen LogP contribution in [0, 0.1) is 0 Å². The first-order valence-electron chi connectivity index (χ1n) is 8.64. The largest absolute Gasteiger partial charge is 0.416 e. The van der Waals surface area contributed by atoms with Crippen molar-refractivity contribution in [2.24, 2.45) is 7.05 Å². The maximum Gasteiger partial charge on any atom is 0.416 e. The molecule has 0 radical (unpaired) electrons. The van der Waals surface area contributed by atoms with Gasteiger partial charge in [-0.2, -0.15) is 13.2 Å². The highest BCUT2D eigenvalue weighted by molar-refractivity contribution is 7.22. The molecule has 0 bridgehead atoms. The minimum Gasteiger partial charge on any atom is -0.351 e. The number of benzene rings is 1. The van der Waals surface area contributed by atoms with Crippen molar-refractivity contribution in [1.82, 2.24) is 14.5 Å². The first-order chi connectivity index (χ1) is 13.8. The molecule has 3 aromatic heterocycles. The van der Waals surface area contributed by atoms with E-state index >= 15 is 0 Å². The van der Waals surface area contributed by atoms with Crippen molar-refractivity contribution >= 4 is 27.5 Å². The summed E-state index contributed by atoms with van der Waals surface area (Å²) in [6.07, 6.45) is -1.05. The fraction of sp³-hybridized carbons (Fsp3) is 0.150. The Morgan fingerprint density at radius 3 is 2.72 bits per heavy atom. The van der Waals surface area contributed by atoms with Gasteiger partial charge in [-0.05, 0) is 35.4 Å². The summed E-state index contributed by atoms with van der Waals surface area (Å²) in [6.45, 7) is 0.435. The van der Waals surface area contributed by atoms with Gasteiger partial charge < -0.3 is 5.32 Å². The molecule has 5 nitrogen and oxygen atoms in total. The molecule has 0 fully saturated rings. The number of anilines is 1. The third-order valence-electron chi connectivity index (χ3n) is 4.40. The normalized spacial score (nSPS) is 11.7. The molecular formula is C20H15F3N4OS. The number of hydrogen-bond acceptors (Lipinski definition) is 5. The smallest absolute Gasteiger partial charge is 0.351 e. The van der Waals surface area contributed by atoms with Crippen LogP contribution < -0.4 is 10.9 Å². The summed E-state index contributed by atoms with van der Waals surface area (Å²) < 4.78 is 40.8. The minimum atomic E-state index is -4.43. The maximum atomic E-state index is 13.0. The second kappa shape index (κ2) is 7.32. The van der Waals surface area contributed by atoms with E-state index in [0.29, 0.717) is 33.2 Å². The van der Waals surface area contributed by atoms with Crippen molar-refractivity contribution < 1.29 is 13.2 Å². The number of nitrogens with zero attached hydrogens (tertiary/aromatic N) is 3. The van der Waals surface area contributed by atoms with E-state index in [-0.39, 0.29) is 5.56 Å². The zero-order valence-electron chi connectivity index (χ0n) is 15.2. The molecule has 0 saturated carbocycles. The highest BCUT2D eigenvalue weighted by atomic mass is 32.1. The Morgan fingerprint density at radius 2 is 2.00 bits per heavy atom. The lowest BCUT2D eigenvalue weighted by molar-refractivity contribution is -0.137.